The van der Waals surface area contributed by atoms with E-state index in [0.717, 1.165) is 0 Å². The lowest BCUT2D eigenvalue weighted by molar-refractivity contribution is -0.416. The van der Waals surface area contributed by atoms with Crippen molar-refractivity contribution in [1.29, 1.82) is 0 Å². The van der Waals surface area contributed by atoms with E-state index in [4.69, 9.17) is 11.6 Å². The van der Waals surface area contributed by atoms with E-state index < -0.39 is 4.92 Å². The molecule has 0 N–H and O–H groups in total. The second-order valence-electron chi connectivity index (χ2n) is 3.14. The summed E-state index contributed by atoms with van der Waals surface area (Å²) in [7, 11) is 0. The van der Waals surface area contributed by atoms with Crippen LogP contribution in [0.5, 0.6) is 0 Å². The number of aliphatic imine (C=N–C) groups is 1. The van der Waals surface area contributed by atoms with E-state index in [-0.39, 0.29) is 11.7 Å². The van der Waals surface area contributed by atoms with E-state index in [9.17, 15) is 10.1 Å². The van der Waals surface area contributed by atoms with Gasteiger partial charge in [-0.2, -0.15) is 0 Å². The third-order valence-corrected chi connectivity index (χ3v) is 3.31. The number of halogens is 2. The maximum absolute atomic E-state index is 10.7. The molecule has 0 amide bonds. The lowest BCUT2D eigenvalue weighted by atomic mass is 10.2. The smallest absolute Gasteiger partial charge is 0.306 e. The highest BCUT2D eigenvalue weighted by molar-refractivity contribution is 9.09. The third-order valence-electron chi connectivity index (χ3n) is 2.26. The quantitative estimate of drug-likeness (QED) is 0.337. The summed E-state index contributed by atoms with van der Waals surface area (Å²) in [6.45, 7) is 0.524. The minimum Gasteiger partial charge on any atom is -0.306 e. The van der Waals surface area contributed by atoms with Crippen molar-refractivity contribution in [2.24, 2.45) is 4.99 Å². The molecular formula is C8H7BrClN3O2. The number of hydrogen-bond donors (Lipinski definition) is 0. The molecule has 5 nitrogen and oxygen atoms in total. The number of allylic oxidation sites excluding steroid dienone is 2. The number of amidine groups is 1. The van der Waals surface area contributed by atoms with Crippen molar-refractivity contribution in [3.05, 3.63) is 33.1 Å². The minimum absolute atomic E-state index is 0.00264. The van der Waals surface area contributed by atoms with Crippen LogP contribution in [-0.2, 0) is 0 Å². The van der Waals surface area contributed by atoms with E-state index in [1.54, 1.807) is 4.90 Å². The van der Waals surface area contributed by atoms with Crippen LogP contribution < -0.4 is 0 Å². The topological polar surface area (TPSA) is 58.7 Å². The summed E-state index contributed by atoms with van der Waals surface area (Å²) in [4.78, 5) is 16.1. The normalized spacial score (nSPS) is 24.3. The molecule has 0 fully saturated rings. The predicted octanol–water partition coefficient (Wildman–Crippen LogP) is 1.72. The van der Waals surface area contributed by atoms with Crippen LogP contribution in [0.25, 0.3) is 0 Å². The van der Waals surface area contributed by atoms with Crippen molar-refractivity contribution in [2.45, 2.75) is 6.04 Å². The first-order valence-electron chi connectivity index (χ1n) is 4.27. The Labute approximate surface area is 99.4 Å². The molecule has 0 radical (unpaired) electrons. The minimum atomic E-state index is -0.442. The number of rotatable bonds is 2. The predicted molar refractivity (Wildman–Crippen MR) is 60.7 cm³/mol. The van der Waals surface area contributed by atoms with Crippen LogP contribution >= 0.6 is 27.5 Å². The first kappa shape index (κ1) is 10.6. The monoisotopic (exact) mass is 291 g/mol. The zero-order valence-electron chi connectivity index (χ0n) is 7.56. The third kappa shape index (κ3) is 1.68. The highest BCUT2D eigenvalue weighted by Gasteiger charge is 2.38. The van der Waals surface area contributed by atoms with Gasteiger partial charge in [0.25, 0.3) is 0 Å². The molecular weight excluding hydrogens is 285 g/mol. The molecule has 2 heterocycles. The van der Waals surface area contributed by atoms with Gasteiger partial charge in [-0.05, 0) is 6.08 Å². The van der Waals surface area contributed by atoms with E-state index in [1.807, 2.05) is 0 Å². The Kier molecular flexibility index (Phi) is 2.79. The van der Waals surface area contributed by atoms with Crippen LogP contribution in [0.2, 0.25) is 0 Å². The van der Waals surface area contributed by atoms with Gasteiger partial charge < -0.3 is 4.90 Å². The molecule has 80 valence electrons. The van der Waals surface area contributed by atoms with Crippen molar-refractivity contribution in [1.82, 2.24) is 4.90 Å². The Morgan fingerprint density at radius 3 is 3.07 bits per heavy atom. The van der Waals surface area contributed by atoms with Gasteiger partial charge in [-0.3, -0.25) is 15.1 Å². The highest BCUT2D eigenvalue weighted by atomic mass is 79.9. The molecule has 0 aromatic rings. The Balaban J connectivity index is 2.39. The number of nitro groups is 1. The van der Waals surface area contributed by atoms with E-state index in [1.165, 1.54) is 12.2 Å². The molecule has 0 aromatic heterocycles. The lowest BCUT2D eigenvalue weighted by Crippen LogP contribution is -2.38. The molecule has 1 atom stereocenters. The molecule has 0 aliphatic carbocycles. The average Bonchev–Trinajstić information content (AvgIpc) is 2.62. The maximum Gasteiger partial charge on any atom is 0.311 e. The number of nitrogens with zero attached hydrogens (tertiary/aromatic N) is 3. The van der Waals surface area contributed by atoms with Crippen LogP contribution in [0.1, 0.15) is 0 Å². The van der Waals surface area contributed by atoms with Crippen molar-refractivity contribution in [3.63, 3.8) is 0 Å². The van der Waals surface area contributed by atoms with E-state index in [2.05, 4.69) is 20.9 Å². The van der Waals surface area contributed by atoms with Gasteiger partial charge in [0, 0.05) is 11.4 Å². The van der Waals surface area contributed by atoms with E-state index in [0.29, 0.717) is 22.9 Å². The molecule has 0 aromatic carbocycles. The van der Waals surface area contributed by atoms with Gasteiger partial charge in [0.2, 0.25) is 5.84 Å². The fraction of sp³-hybridized carbons (Fsp3) is 0.375. The van der Waals surface area contributed by atoms with Crippen LogP contribution in [0.3, 0.4) is 0 Å². The molecule has 2 aliphatic heterocycles. The zero-order valence-corrected chi connectivity index (χ0v) is 9.90. The maximum atomic E-state index is 10.7. The molecule has 0 saturated carbocycles. The van der Waals surface area contributed by atoms with Crippen LogP contribution in [0.4, 0.5) is 0 Å². The number of hydrogen-bond acceptors (Lipinski definition) is 4. The summed E-state index contributed by atoms with van der Waals surface area (Å²) in [5.74, 6) is 0.358. The second-order valence-corrected chi connectivity index (χ2v) is 4.18. The average molecular weight is 293 g/mol. The van der Waals surface area contributed by atoms with Crippen LogP contribution in [-0.4, -0.2) is 33.6 Å². The molecule has 0 spiro atoms. The van der Waals surface area contributed by atoms with Gasteiger partial charge in [0.1, 0.15) is 5.16 Å². The lowest BCUT2D eigenvalue weighted by Gasteiger charge is -2.26. The first-order chi connectivity index (χ1) is 7.15. The summed E-state index contributed by atoms with van der Waals surface area (Å²) < 4.78 is 0. The Hall–Kier alpha value is -0.880. The summed E-state index contributed by atoms with van der Waals surface area (Å²) in [6, 6.07) is 0.0624. The molecule has 2 rings (SSSR count). The van der Waals surface area contributed by atoms with Gasteiger partial charge >= 0.3 is 5.70 Å². The molecule has 0 bridgehead atoms. The fourth-order valence-corrected chi connectivity index (χ4v) is 2.34. The SMILES string of the molecule is O=[N+]([O-])C1=CC=C(Cl)N2C1=NCC2CBr. The molecule has 1 unspecified atom stereocenters. The number of alkyl halides is 1. The Morgan fingerprint density at radius 1 is 1.73 bits per heavy atom. The standard InChI is InChI=1S/C8H7BrClN3O2/c9-3-5-4-11-8-6(13(14)15)1-2-7(10)12(5)8/h1-2,5H,3-4H2. The van der Waals surface area contributed by atoms with Crippen molar-refractivity contribution >= 4 is 33.4 Å². The van der Waals surface area contributed by atoms with Gasteiger partial charge in [-0.25, -0.2) is 0 Å². The number of fused-ring (bicyclic) bond motifs is 1. The molecule has 7 heteroatoms. The van der Waals surface area contributed by atoms with E-state index >= 15 is 0 Å². The highest BCUT2D eigenvalue weighted by Crippen LogP contribution is 2.28. The summed E-state index contributed by atoms with van der Waals surface area (Å²) in [5.41, 5.74) is 0.00264. The molecule has 0 saturated heterocycles. The summed E-state index contributed by atoms with van der Waals surface area (Å²) >= 11 is 9.31. The van der Waals surface area contributed by atoms with Gasteiger partial charge in [-0.1, -0.05) is 27.5 Å². The Morgan fingerprint density at radius 2 is 2.47 bits per heavy atom. The summed E-state index contributed by atoms with van der Waals surface area (Å²) in [5, 5.41) is 11.9. The Bertz CT molecular complexity index is 405. The fourth-order valence-electron chi connectivity index (χ4n) is 1.57. The molecule has 2 aliphatic rings. The zero-order chi connectivity index (χ0) is 11.0. The van der Waals surface area contributed by atoms with Gasteiger partial charge in [0.05, 0.1) is 17.5 Å². The van der Waals surface area contributed by atoms with Gasteiger partial charge in [-0.15, -0.1) is 0 Å². The van der Waals surface area contributed by atoms with Crippen molar-refractivity contribution in [2.75, 3.05) is 11.9 Å². The van der Waals surface area contributed by atoms with Gasteiger partial charge in [0.15, 0.2) is 0 Å². The largest absolute Gasteiger partial charge is 0.311 e. The summed E-state index contributed by atoms with van der Waals surface area (Å²) in [6.07, 6.45) is 2.91. The first-order valence-corrected chi connectivity index (χ1v) is 5.77. The van der Waals surface area contributed by atoms with Crippen molar-refractivity contribution < 1.29 is 4.92 Å². The van der Waals surface area contributed by atoms with Crippen LogP contribution in [0.15, 0.2) is 28.0 Å². The second kappa shape index (κ2) is 3.94. The van der Waals surface area contributed by atoms with Crippen LogP contribution in [0, 0.1) is 10.1 Å². The van der Waals surface area contributed by atoms with Crippen molar-refractivity contribution in [3.8, 4) is 0 Å². The molecule has 15 heavy (non-hydrogen) atoms.